The van der Waals surface area contributed by atoms with Gasteiger partial charge in [0.1, 0.15) is 0 Å². The largest absolute Gasteiger partial charge is 0.311 e. The van der Waals surface area contributed by atoms with Crippen LogP contribution in [0, 0.1) is 16.7 Å². The molecule has 0 amide bonds. The third-order valence-corrected chi connectivity index (χ3v) is 5.91. The Hall–Kier alpha value is -0.0800. The Balaban J connectivity index is 1.64. The maximum Gasteiger partial charge on any atom is 0.0194 e. The second-order valence-electron chi connectivity index (χ2n) is 8.99. The molecule has 4 bridgehead atoms. The molecule has 2 atom stereocenters. The first-order valence-electron chi connectivity index (χ1n) is 8.22. The minimum Gasteiger partial charge on any atom is -0.311 e. The van der Waals surface area contributed by atoms with Gasteiger partial charge in [-0.2, -0.15) is 0 Å². The molecule has 0 aliphatic heterocycles. The van der Waals surface area contributed by atoms with Gasteiger partial charge < -0.3 is 10.2 Å². The number of hydrogen-bond acceptors (Lipinski definition) is 2. The number of hydrogen-bond donors (Lipinski definition) is 1. The first kappa shape index (κ1) is 13.9. The normalized spacial score (nSPS) is 48.2. The Morgan fingerprint density at radius 3 is 2.16 bits per heavy atom. The molecule has 4 rings (SSSR count). The Bertz CT molecular complexity index is 331. The van der Waals surface area contributed by atoms with Crippen LogP contribution in [0.15, 0.2) is 0 Å². The summed E-state index contributed by atoms with van der Waals surface area (Å²) in [5, 5.41) is 4.01. The maximum atomic E-state index is 4.01. The molecule has 2 unspecified atom stereocenters. The van der Waals surface area contributed by atoms with Crippen molar-refractivity contribution in [1.82, 2.24) is 10.2 Å². The van der Waals surface area contributed by atoms with Crippen LogP contribution in [0.5, 0.6) is 0 Å². The molecule has 0 aromatic carbocycles. The zero-order valence-electron chi connectivity index (χ0n) is 13.4. The van der Waals surface area contributed by atoms with Gasteiger partial charge in [-0.1, -0.05) is 13.8 Å². The van der Waals surface area contributed by atoms with E-state index in [1.165, 1.54) is 58.0 Å². The zero-order valence-corrected chi connectivity index (χ0v) is 13.4. The van der Waals surface area contributed by atoms with Crippen molar-refractivity contribution in [2.75, 3.05) is 27.2 Å². The minimum atomic E-state index is 0.495. The van der Waals surface area contributed by atoms with Crippen LogP contribution >= 0.6 is 0 Å². The molecule has 4 aliphatic carbocycles. The number of nitrogens with one attached hydrogen (secondary N) is 1. The lowest BCUT2D eigenvalue weighted by atomic mass is 9.43. The van der Waals surface area contributed by atoms with E-state index in [0.717, 1.165) is 5.92 Å². The highest BCUT2D eigenvalue weighted by molar-refractivity contribution is 5.14. The zero-order chi connectivity index (χ0) is 13.7. The van der Waals surface area contributed by atoms with E-state index in [-0.39, 0.29) is 0 Å². The lowest BCUT2D eigenvalue weighted by Crippen LogP contribution is -2.64. The summed E-state index contributed by atoms with van der Waals surface area (Å²) < 4.78 is 0. The van der Waals surface area contributed by atoms with Crippen LogP contribution in [0.4, 0.5) is 0 Å². The van der Waals surface area contributed by atoms with E-state index in [9.17, 15) is 0 Å². The molecular formula is C17H32N2. The molecule has 0 aromatic heterocycles. The van der Waals surface area contributed by atoms with Crippen molar-refractivity contribution in [2.24, 2.45) is 16.7 Å². The fourth-order valence-electron chi connectivity index (χ4n) is 6.39. The van der Waals surface area contributed by atoms with Crippen LogP contribution in [0.2, 0.25) is 0 Å². The Labute approximate surface area is 119 Å². The molecule has 4 aliphatic rings. The van der Waals surface area contributed by atoms with Gasteiger partial charge in [0.15, 0.2) is 0 Å². The summed E-state index contributed by atoms with van der Waals surface area (Å²) in [5.41, 5.74) is 1.78. The molecule has 2 nitrogen and oxygen atoms in total. The van der Waals surface area contributed by atoms with Crippen molar-refractivity contribution in [1.29, 1.82) is 0 Å². The van der Waals surface area contributed by atoms with Crippen LogP contribution in [-0.2, 0) is 0 Å². The van der Waals surface area contributed by atoms with Crippen molar-refractivity contribution < 1.29 is 0 Å². The molecule has 2 heteroatoms. The van der Waals surface area contributed by atoms with Gasteiger partial charge in [0.25, 0.3) is 0 Å². The van der Waals surface area contributed by atoms with Crippen molar-refractivity contribution in [2.45, 2.75) is 64.3 Å². The fraction of sp³-hybridized carbons (Fsp3) is 1.00. The van der Waals surface area contributed by atoms with E-state index in [4.69, 9.17) is 0 Å². The van der Waals surface area contributed by atoms with Crippen molar-refractivity contribution in [3.8, 4) is 0 Å². The number of rotatable bonds is 5. The fourth-order valence-corrected chi connectivity index (χ4v) is 6.39. The lowest BCUT2D eigenvalue weighted by Gasteiger charge is -2.65. The molecule has 0 radical (unpaired) electrons. The third-order valence-electron chi connectivity index (χ3n) is 5.91. The van der Waals surface area contributed by atoms with E-state index >= 15 is 0 Å². The smallest absolute Gasteiger partial charge is 0.0194 e. The second kappa shape index (κ2) is 4.46. The quantitative estimate of drug-likeness (QED) is 0.767. The third kappa shape index (κ3) is 2.71. The predicted octanol–water partition coefficient (Wildman–Crippen LogP) is 3.28. The SMILES string of the molecule is CN(C)CCCNC12CC3CC(C)(CC(C)(C3)C1)C2. The average Bonchev–Trinajstić information content (AvgIpc) is 2.18. The molecule has 0 heterocycles. The topological polar surface area (TPSA) is 15.3 Å². The van der Waals surface area contributed by atoms with Gasteiger partial charge in [-0.15, -0.1) is 0 Å². The molecule has 110 valence electrons. The van der Waals surface area contributed by atoms with E-state index in [1.54, 1.807) is 0 Å². The monoisotopic (exact) mass is 264 g/mol. The van der Waals surface area contributed by atoms with E-state index < -0.39 is 0 Å². The summed E-state index contributed by atoms with van der Waals surface area (Å²) in [5.74, 6) is 1.01. The minimum absolute atomic E-state index is 0.495. The van der Waals surface area contributed by atoms with Crippen LogP contribution in [0.3, 0.4) is 0 Å². The summed E-state index contributed by atoms with van der Waals surface area (Å²) in [4.78, 5) is 2.30. The van der Waals surface area contributed by atoms with E-state index in [0.29, 0.717) is 16.4 Å². The summed E-state index contributed by atoms with van der Waals surface area (Å²) in [6, 6.07) is 0. The second-order valence-corrected chi connectivity index (χ2v) is 8.99. The van der Waals surface area contributed by atoms with Crippen LogP contribution < -0.4 is 5.32 Å². The highest BCUT2D eigenvalue weighted by atomic mass is 15.1. The number of nitrogens with zero attached hydrogens (tertiary/aromatic N) is 1. The molecule has 1 N–H and O–H groups in total. The molecule has 19 heavy (non-hydrogen) atoms. The van der Waals surface area contributed by atoms with Gasteiger partial charge in [-0.25, -0.2) is 0 Å². The van der Waals surface area contributed by atoms with Crippen molar-refractivity contribution in [3.63, 3.8) is 0 Å². The van der Waals surface area contributed by atoms with Crippen molar-refractivity contribution in [3.05, 3.63) is 0 Å². The van der Waals surface area contributed by atoms with Gasteiger partial charge in [-0.05, 0) is 88.9 Å². The first-order chi connectivity index (χ1) is 8.82. The molecule has 0 spiro atoms. The highest BCUT2D eigenvalue weighted by Crippen LogP contribution is 2.66. The standard InChI is InChI=1S/C17H32N2/c1-15-8-14-9-16(2,11-15)13-17(10-14,12-15)18-6-5-7-19(3)4/h14,18H,5-13H2,1-4H3. The summed E-state index contributed by atoms with van der Waals surface area (Å²) in [6.45, 7) is 7.54. The molecule has 4 saturated carbocycles. The van der Waals surface area contributed by atoms with Crippen LogP contribution in [0.25, 0.3) is 0 Å². The molecule has 4 fully saturated rings. The Morgan fingerprint density at radius 2 is 1.63 bits per heavy atom. The van der Waals surface area contributed by atoms with Crippen molar-refractivity contribution >= 4 is 0 Å². The van der Waals surface area contributed by atoms with Crippen LogP contribution in [0.1, 0.15) is 58.8 Å². The Morgan fingerprint density at radius 1 is 1.00 bits per heavy atom. The van der Waals surface area contributed by atoms with Crippen LogP contribution in [-0.4, -0.2) is 37.6 Å². The molecule has 0 saturated heterocycles. The van der Waals surface area contributed by atoms with Gasteiger partial charge in [0.2, 0.25) is 0 Å². The summed E-state index contributed by atoms with van der Waals surface area (Å²) in [7, 11) is 4.35. The van der Waals surface area contributed by atoms with Gasteiger partial charge in [-0.3, -0.25) is 0 Å². The lowest BCUT2D eigenvalue weighted by molar-refractivity contribution is -0.117. The molecular weight excluding hydrogens is 232 g/mol. The predicted molar refractivity (Wildman–Crippen MR) is 81.3 cm³/mol. The summed E-state index contributed by atoms with van der Waals surface area (Å²) >= 11 is 0. The maximum absolute atomic E-state index is 4.01. The van der Waals surface area contributed by atoms with Gasteiger partial charge in [0.05, 0.1) is 0 Å². The molecule has 0 aromatic rings. The van der Waals surface area contributed by atoms with Gasteiger partial charge in [0, 0.05) is 5.54 Å². The van der Waals surface area contributed by atoms with E-state index in [2.05, 4.69) is 38.2 Å². The van der Waals surface area contributed by atoms with E-state index in [1.807, 2.05) is 0 Å². The van der Waals surface area contributed by atoms with Gasteiger partial charge >= 0.3 is 0 Å². The first-order valence-corrected chi connectivity index (χ1v) is 8.22. The highest BCUT2D eigenvalue weighted by Gasteiger charge is 2.59. The Kier molecular flexibility index (Phi) is 3.26. The summed E-state index contributed by atoms with van der Waals surface area (Å²) in [6.07, 6.45) is 10.1. The average molecular weight is 264 g/mol.